The van der Waals surface area contributed by atoms with E-state index >= 15 is 0 Å². The van der Waals surface area contributed by atoms with Gasteiger partial charge in [0.05, 0.1) is 0 Å². The molecule has 0 saturated heterocycles. The van der Waals surface area contributed by atoms with Gasteiger partial charge in [0, 0.05) is 0 Å². The lowest BCUT2D eigenvalue weighted by Crippen LogP contribution is -2.21. The predicted octanol–water partition coefficient (Wildman–Crippen LogP) is 6.40. The highest BCUT2D eigenvalue weighted by molar-refractivity contribution is 4.82. The molecule has 0 aromatic rings. The first-order valence-electron chi connectivity index (χ1n) is 7.84. The Morgan fingerprint density at radius 2 is 1.35 bits per heavy atom. The van der Waals surface area contributed by atoms with Crippen molar-refractivity contribution in [3.63, 3.8) is 0 Å². The molecular weight excluding hydrogens is 204 g/mol. The molecule has 17 heavy (non-hydrogen) atoms. The number of unbranched alkanes of at least 4 members (excludes halogenated alkanes) is 7. The van der Waals surface area contributed by atoms with Crippen LogP contribution in [0.1, 0.15) is 92.4 Å². The molecule has 1 atom stereocenters. The second-order valence-corrected chi connectivity index (χ2v) is 6.34. The van der Waals surface area contributed by atoms with E-state index in [0.29, 0.717) is 5.41 Å². The summed E-state index contributed by atoms with van der Waals surface area (Å²) in [7, 11) is 0. The van der Waals surface area contributed by atoms with E-state index in [1.807, 2.05) is 0 Å². The molecular formula is C17H35. The van der Waals surface area contributed by atoms with Gasteiger partial charge in [0.25, 0.3) is 0 Å². The molecule has 0 amide bonds. The molecule has 0 aromatic heterocycles. The van der Waals surface area contributed by atoms with Gasteiger partial charge in [-0.2, -0.15) is 0 Å². The largest absolute Gasteiger partial charge is 0.0654 e. The molecule has 0 saturated carbocycles. The van der Waals surface area contributed by atoms with Crippen molar-refractivity contribution in [2.75, 3.05) is 0 Å². The highest BCUT2D eigenvalue weighted by atomic mass is 14.3. The van der Waals surface area contributed by atoms with Crippen molar-refractivity contribution < 1.29 is 0 Å². The van der Waals surface area contributed by atoms with E-state index in [2.05, 4.69) is 41.0 Å². The maximum absolute atomic E-state index is 2.42. The van der Waals surface area contributed by atoms with E-state index in [4.69, 9.17) is 0 Å². The van der Waals surface area contributed by atoms with Gasteiger partial charge < -0.3 is 0 Å². The Hall–Kier alpha value is 0. The van der Waals surface area contributed by atoms with Crippen LogP contribution in [0.2, 0.25) is 0 Å². The smallest absolute Gasteiger partial charge is 0.0326 e. The summed E-state index contributed by atoms with van der Waals surface area (Å²) in [6.07, 6.45) is 15.2. The number of hydrogen-bond acceptors (Lipinski definition) is 0. The average molecular weight is 239 g/mol. The van der Waals surface area contributed by atoms with Gasteiger partial charge in [0.2, 0.25) is 0 Å². The van der Waals surface area contributed by atoms with Crippen molar-refractivity contribution >= 4 is 0 Å². The molecule has 0 heterocycles. The van der Waals surface area contributed by atoms with Crippen molar-refractivity contribution in [3.05, 3.63) is 6.42 Å². The number of hydrogen-bond donors (Lipinski definition) is 0. The molecule has 0 aliphatic carbocycles. The normalized spacial score (nSPS) is 13.9. The van der Waals surface area contributed by atoms with Gasteiger partial charge in [-0.15, -0.1) is 0 Å². The molecule has 0 N–H and O–H groups in total. The first kappa shape index (κ1) is 17.0. The van der Waals surface area contributed by atoms with E-state index in [9.17, 15) is 0 Å². The highest BCUT2D eigenvalue weighted by Gasteiger charge is 2.23. The van der Waals surface area contributed by atoms with Crippen LogP contribution in [0, 0.1) is 17.8 Å². The van der Waals surface area contributed by atoms with Crippen LogP contribution in [0.5, 0.6) is 0 Å². The third-order valence-electron chi connectivity index (χ3n) is 4.41. The first-order valence-corrected chi connectivity index (χ1v) is 7.84. The molecule has 0 aliphatic rings. The van der Waals surface area contributed by atoms with Crippen LogP contribution in [-0.4, -0.2) is 0 Å². The Morgan fingerprint density at radius 3 is 1.82 bits per heavy atom. The van der Waals surface area contributed by atoms with Crippen LogP contribution in [0.4, 0.5) is 0 Å². The summed E-state index contributed by atoms with van der Waals surface area (Å²) >= 11 is 0. The van der Waals surface area contributed by atoms with Crippen molar-refractivity contribution in [3.8, 4) is 0 Å². The summed E-state index contributed by atoms with van der Waals surface area (Å²) in [4.78, 5) is 0. The maximum atomic E-state index is 2.42. The van der Waals surface area contributed by atoms with Crippen LogP contribution < -0.4 is 0 Å². The molecule has 0 heteroatoms. The van der Waals surface area contributed by atoms with Crippen LogP contribution >= 0.6 is 0 Å². The highest BCUT2D eigenvalue weighted by Crippen LogP contribution is 2.34. The maximum Gasteiger partial charge on any atom is -0.0326 e. The van der Waals surface area contributed by atoms with Crippen LogP contribution in [0.15, 0.2) is 0 Å². The second-order valence-electron chi connectivity index (χ2n) is 6.34. The van der Waals surface area contributed by atoms with Gasteiger partial charge >= 0.3 is 0 Å². The van der Waals surface area contributed by atoms with E-state index in [-0.39, 0.29) is 0 Å². The zero-order valence-electron chi connectivity index (χ0n) is 13.0. The molecule has 0 fully saturated rings. The molecule has 0 aliphatic heterocycles. The lowest BCUT2D eigenvalue weighted by molar-refractivity contribution is 0.231. The van der Waals surface area contributed by atoms with Crippen LogP contribution in [0.3, 0.4) is 0 Å². The minimum Gasteiger partial charge on any atom is -0.0654 e. The summed E-state index contributed by atoms with van der Waals surface area (Å²) in [6.45, 7) is 11.7. The minimum absolute atomic E-state index is 0.497. The minimum atomic E-state index is 0.497. The lowest BCUT2D eigenvalue weighted by atomic mass is 9.75. The van der Waals surface area contributed by atoms with Crippen molar-refractivity contribution in [1.29, 1.82) is 0 Å². The zero-order valence-corrected chi connectivity index (χ0v) is 13.0. The van der Waals surface area contributed by atoms with Gasteiger partial charge in [-0.25, -0.2) is 0 Å². The predicted molar refractivity (Wildman–Crippen MR) is 80.1 cm³/mol. The van der Waals surface area contributed by atoms with E-state index in [0.717, 1.165) is 5.92 Å². The standard InChI is InChI=1S/C17H35/c1-6-8-9-10-11-12-13-14-15-17(4,5)16(3)7-2/h7,16H,6,8-15H2,1-5H3. The Balaban J connectivity index is 3.38. The third-order valence-corrected chi connectivity index (χ3v) is 4.41. The Labute approximate surface area is 111 Å². The SMILES string of the molecule is C[CH]C(C)C(C)(C)CCCCCCCCCC. The van der Waals surface area contributed by atoms with Gasteiger partial charge in [-0.3, -0.25) is 0 Å². The molecule has 0 rings (SSSR count). The third kappa shape index (κ3) is 8.69. The number of rotatable bonds is 11. The fraction of sp³-hybridized carbons (Fsp3) is 0.941. The molecule has 0 spiro atoms. The van der Waals surface area contributed by atoms with Crippen molar-refractivity contribution in [2.45, 2.75) is 92.4 Å². The van der Waals surface area contributed by atoms with Gasteiger partial charge in [0.1, 0.15) is 0 Å². The first-order chi connectivity index (χ1) is 8.04. The molecule has 1 unspecified atom stereocenters. The Bertz CT molecular complexity index is 157. The molecule has 0 aromatic carbocycles. The molecule has 103 valence electrons. The fourth-order valence-electron chi connectivity index (χ4n) is 2.39. The lowest BCUT2D eigenvalue weighted by Gasteiger charge is -2.31. The van der Waals surface area contributed by atoms with Crippen LogP contribution in [-0.2, 0) is 0 Å². The van der Waals surface area contributed by atoms with E-state index < -0.39 is 0 Å². The topological polar surface area (TPSA) is 0 Å². The summed E-state index contributed by atoms with van der Waals surface area (Å²) in [6, 6.07) is 0. The summed E-state index contributed by atoms with van der Waals surface area (Å²) in [5.41, 5.74) is 0.497. The monoisotopic (exact) mass is 239 g/mol. The summed E-state index contributed by atoms with van der Waals surface area (Å²) in [5, 5.41) is 0. The molecule has 0 nitrogen and oxygen atoms in total. The average Bonchev–Trinajstić information content (AvgIpc) is 2.31. The van der Waals surface area contributed by atoms with Crippen molar-refractivity contribution in [1.82, 2.24) is 0 Å². The van der Waals surface area contributed by atoms with Crippen molar-refractivity contribution in [2.24, 2.45) is 11.3 Å². The zero-order chi connectivity index (χ0) is 13.1. The Kier molecular flexibility index (Phi) is 9.97. The van der Waals surface area contributed by atoms with Gasteiger partial charge in [-0.1, -0.05) is 86.0 Å². The molecule has 0 bridgehead atoms. The summed E-state index contributed by atoms with van der Waals surface area (Å²) < 4.78 is 0. The van der Waals surface area contributed by atoms with Gasteiger partial charge in [0.15, 0.2) is 0 Å². The van der Waals surface area contributed by atoms with E-state index in [1.165, 1.54) is 57.8 Å². The van der Waals surface area contributed by atoms with Gasteiger partial charge in [-0.05, 0) is 24.2 Å². The second kappa shape index (κ2) is 9.97. The quantitative estimate of drug-likeness (QED) is 0.366. The Morgan fingerprint density at radius 1 is 0.882 bits per heavy atom. The van der Waals surface area contributed by atoms with E-state index in [1.54, 1.807) is 0 Å². The van der Waals surface area contributed by atoms with Crippen LogP contribution in [0.25, 0.3) is 0 Å². The molecule has 1 radical (unpaired) electrons. The summed E-state index contributed by atoms with van der Waals surface area (Å²) in [5.74, 6) is 0.743. The fourth-order valence-corrected chi connectivity index (χ4v) is 2.39.